The van der Waals surface area contributed by atoms with Crippen LogP contribution in [0.15, 0.2) is 42.5 Å². The van der Waals surface area contributed by atoms with Gasteiger partial charge in [0.15, 0.2) is 6.10 Å². The van der Waals surface area contributed by atoms with Crippen molar-refractivity contribution < 1.29 is 14.3 Å². The van der Waals surface area contributed by atoms with Gasteiger partial charge < -0.3 is 10.1 Å². The van der Waals surface area contributed by atoms with E-state index in [0.717, 1.165) is 11.1 Å². The second kappa shape index (κ2) is 6.97. The number of ether oxygens (including phenoxy) is 1. The van der Waals surface area contributed by atoms with Gasteiger partial charge in [0.2, 0.25) is 5.91 Å². The summed E-state index contributed by atoms with van der Waals surface area (Å²) in [5.41, 5.74) is 3.48. The number of amides is 2. The van der Waals surface area contributed by atoms with Gasteiger partial charge in [-0.15, -0.1) is 0 Å². The number of anilines is 2. The molecule has 2 amide bonds. The van der Waals surface area contributed by atoms with E-state index in [1.165, 1.54) is 4.90 Å². The number of benzene rings is 2. The highest BCUT2D eigenvalue weighted by Crippen LogP contribution is 2.30. The Hall–Kier alpha value is -2.82. The second-order valence-corrected chi connectivity index (χ2v) is 6.20. The van der Waals surface area contributed by atoms with E-state index in [0.29, 0.717) is 23.5 Å². The van der Waals surface area contributed by atoms with Crippen molar-refractivity contribution in [3.63, 3.8) is 0 Å². The number of hydrogen-bond acceptors (Lipinski definition) is 3. The van der Waals surface area contributed by atoms with Crippen LogP contribution in [0, 0.1) is 13.8 Å². The van der Waals surface area contributed by atoms with Gasteiger partial charge in [-0.2, -0.15) is 0 Å². The molecule has 1 aliphatic heterocycles. The molecule has 25 heavy (non-hydrogen) atoms. The molecule has 0 radical (unpaired) electrons. The largest absolute Gasteiger partial charge is 0.480 e. The molecule has 130 valence electrons. The number of aryl methyl sites for hydroxylation is 1. The highest BCUT2D eigenvalue weighted by Gasteiger charge is 2.32. The van der Waals surface area contributed by atoms with Gasteiger partial charge in [0, 0.05) is 0 Å². The first kappa shape index (κ1) is 17.0. The lowest BCUT2D eigenvalue weighted by atomic mass is 10.1. The summed E-state index contributed by atoms with van der Waals surface area (Å²) in [6, 6.07) is 13.1. The first-order valence-corrected chi connectivity index (χ1v) is 8.44. The van der Waals surface area contributed by atoms with Gasteiger partial charge in [-0.25, -0.2) is 0 Å². The topological polar surface area (TPSA) is 58.6 Å². The zero-order valence-electron chi connectivity index (χ0n) is 14.7. The molecule has 1 N–H and O–H groups in total. The number of hydrogen-bond donors (Lipinski definition) is 1. The Bertz CT molecular complexity index is 816. The molecule has 3 rings (SSSR count). The number of nitrogens with one attached hydrogen (secondary N) is 1. The van der Waals surface area contributed by atoms with Crippen LogP contribution in [-0.4, -0.2) is 24.5 Å². The van der Waals surface area contributed by atoms with Crippen LogP contribution in [0.2, 0.25) is 0 Å². The summed E-state index contributed by atoms with van der Waals surface area (Å²) in [5.74, 6) is 0.300. The van der Waals surface area contributed by atoms with Crippen LogP contribution < -0.4 is 15.0 Å². The third-order valence-corrected chi connectivity index (χ3v) is 4.51. The van der Waals surface area contributed by atoms with Gasteiger partial charge >= 0.3 is 0 Å². The molecule has 5 nitrogen and oxygen atoms in total. The van der Waals surface area contributed by atoms with Crippen molar-refractivity contribution in [1.29, 1.82) is 0 Å². The molecule has 0 fully saturated rings. The SMILES string of the molecule is CC[C@H](Oc1cccc(C)c1C)C(=O)N1CC(=O)Nc2ccccc21. The lowest BCUT2D eigenvalue weighted by molar-refractivity contribution is -0.127. The molecule has 2 aromatic rings. The van der Waals surface area contributed by atoms with Crippen molar-refractivity contribution in [3.05, 3.63) is 53.6 Å². The fourth-order valence-corrected chi connectivity index (χ4v) is 2.92. The van der Waals surface area contributed by atoms with E-state index in [1.807, 2.05) is 57.2 Å². The van der Waals surface area contributed by atoms with E-state index in [4.69, 9.17) is 4.74 Å². The lowest BCUT2D eigenvalue weighted by Gasteiger charge is -2.32. The summed E-state index contributed by atoms with van der Waals surface area (Å²) < 4.78 is 6.02. The molecule has 5 heteroatoms. The van der Waals surface area contributed by atoms with E-state index in [2.05, 4.69) is 5.32 Å². The number of carbonyl (C=O) groups is 2. The van der Waals surface area contributed by atoms with Crippen molar-refractivity contribution in [3.8, 4) is 5.75 Å². The monoisotopic (exact) mass is 338 g/mol. The Morgan fingerprint density at radius 3 is 2.72 bits per heavy atom. The third-order valence-electron chi connectivity index (χ3n) is 4.51. The molecule has 1 heterocycles. The highest BCUT2D eigenvalue weighted by atomic mass is 16.5. The molecule has 0 saturated heterocycles. The maximum atomic E-state index is 13.1. The normalized spacial score (nSPS) is 14.5. The van der Waals surface area contributed by atoms with Crippen LogP contribution in [-0.2, 0) is 9.59 Å². The Balaban J connectivity index is 1.88. The molecular formula is C20H22N2O3. The average molecular weight is 338 g/mol. The summed E-state index contributed by atoms with van der Waals surface area (Å²) in [6.45, 7) is 5.90. The zero-order chi connectivity index (χ0) is 18.0. The zero-order valence-corrected chi connectivity index (χ0v) is 14.7. The lowest BCUT2D eigenvalue weighted by Crippen LogP contribution is -2.48. The molecular weight excluding hydrogens is 316 g/mol. The fourth-order valence-electron chi connectivity index (χ4n) is 2.92. The van der Waals surface area contributed by atoms with Gasteiger partial charge in [0.05, 0.1) is 11.4 Å². The van der Waals surface area contributed by atoms with Crippen LogP contribution in [0.25, 0.3) is 0 Å². The number of fused-ring (bicyclic) bond motifs is 1. The van der Waals surface area contributed by atoms with E-state index < -0.39 is 6.10 Å². The smallest absolute Gasteiger partial charge is 0.268 e. The summed E-state index contributed by atoms with van der Waals surface area (Å²) in [4.78, 5) is 26.5. The van der Waals surface area contributed by atoms with E-state index in [-0.39, 0.29) is 18.4 Å². The number of rotatable bonds is 4. The second-order valence-electron chi connectivity index (χ2n) is 6.20. The molecule has 0 unspecified atom stereocenters. The van der Waals surface area contributed by atoms with Crippen LogP contribution in [0.4, 0.5) is 11.4 Å². The van der Waals surface area contributed by atoms with Crippen molar-refractivity contribution in [2.24, 2.45) is 0 Å². The predicted octanol–water partition coefficient (Wildman–Crippen LogP) is 3.45. The Kier molecular flexibility index (Phi) is 4.74. The van der Waals surface area contributed by atoms with Gasteiger partial charge in [-0.05, 0) is 49.6 Å². The average Bonchev–Trinajstić information content (AvgIpc) is 2.61. The molecule has 0 aliphatic carbocycles. The summed E-state index contributed by atoms with van der Waals surface area (Å²) in [6.07, 6.45) is -0.119. The highest BCUT2D eigenvalue weighted by molar-refractivity contribution is 6.11. The predicted molar refractivity (Wildman–Crippen MR) is 98.0 cm³/mol. The fraction of sp³-hybridized carbons (Fsp3) is 0.300. The van der Waals surface area contributed by atoms with Crippen molar-refractivity contribution in [2.75, 3.05) is 16.8 Å². The Morgan fingerprint density at radius 1 is 1.20 bits per heavy atom. The molecule has 0 saturated carbocycles. The molecule has 1 atom stereocenters. The number of para-hydroxylation sites is 2. The van der Waals surface area contributed by atoms with Crippen LogP contribution in [0.5, 0.6) is 5.75 Å². The van der Waals surface area contributed by atoms with Gasteiger partial charge in [0.25, 0.3) is 5.91 Å². The Labute approximate surface area is 147 Å². The Morgan fingerprint density at radius 2 is 1.96 bits per heavy atom. The molecule has 0 spiro atoms. The maximum absolute atomic E-state index is 13.1. The van der Waals surface area contributed by atoms with Gasteiger partial charge in [-0.1, -0.05) is 31.2 Å². The van der Waals surface area contributed by atoms with Gasteiger partial charge in [0.1, 0.15) is 12.3 Å². The van der Waals surface area contributed by atoms with Crippen LogP contribution in [0.3, 0.4) is 0 Å². The standard InChI is InChI=1S/C20H22N2O3/c1-4-17(25-18-11-7-8-13(2)14(18)3)20(24)22-12-19(23)21-15-9-5-6-10-16(15)22/h5-11,17H,4,12H2,1-3H3,(H,21,23)/t17-/m0/s1. The van der Waals surface area contributed by atoms with E-state index in [1.54, 1.807) is 6.07 Å². The summed E-state index contributed by atoms with van der Waals surface area (Å²) >= 11 is 0. The maximum Gasteiger partial charge on any atom is 0.268 e. The van der Waals surface area contributed by atoms with Gasteiger partial charge in [-0.3, -0.25) is 14.5 Å². The summed E-state index contributed by atoms with van der Waals surface area (Å²) in [7, 11) is 0. The molecule has 1 aliphatic rings. The molecule has 0 bridgehead atoms. The quantitative estimate of drug-likeness (QED) is 0.929. The minimum atomic E-state index is -0.639. The van der Waals surface area contributed by atoms with Crippen LogP contribution in [0.1, 0.15) is 24.5 Å². The minimum Gasteiger partial charge on any atom is -0.480 e. The number of nitrogens with zero attached hydrogens (tertiary/aromatic N) is 1. The third kappa shape index (κ3) is 3.36. The van der Waals surface area contributed by atoms with Crippen molar-refractivity contribution in [1.82, 2.24) is 0 Å². The van der Waals surface area contributed by atoms with Crippen LogP contribution >= 0.6 is 0 Å². The first-order chi connectivity index (χ1) is 12.0. The van der Waals surface area contributed by atoms with Crippen molar-refractivity contribution >= 4 is 23.2 Å². The molecule has 0 aromatic heterocycles. The van der Waals surface area contributed by atoms with E-state index in [9.17, 15) is 9.59 Å². The number of carbonyl (C=O) groups excluding carboxylic acids is 2. The molecule has 2 aromatic carbocycles. The van der Waals surface area contributed by atoms with Crippen molar-refractivity contribution in [2.45, 2.75) is 33.3 Å². The first-order valence-electron chi connectivity index (χ1n) is 8.44. The minimum absolute atomic E-state index is 0.00249. The van der Waals surface area contributed by atoms with E-state index >= 15 is 0 Å². The summed E-state index contributed by atoms with van der Waals surface area (Å²) in [5, 5.41) is 2.79.